The molecule has 1 aromatic heterocycles. The average Bonchev–Trinajstić information content (AvgIpc) is 2.89. The Morgan fingerprint density at radius 1 is 1.32 bits per heavy atom. The number of aryl methyl sites for hydroxylation is 1. The molecule has 2 atom stereocenters. The molecule has 0 bridgehead atoms. The monoisotopic (exact) mass is 254 g/mol. The number of rotatable bonds is 4. The highest BCUT2D eigenvalue weighted by atomic mass is 14.9. The molecule has 0 radical (unpaired) electrons. The SMILES string of the molecule is C=C[C@H]1CNCC[C@H]1CCc1c[nH]c2ccccc12. The highest BCUT2D eigenvalue weighted by molar-refractivity contribution is 5.82. The maximum Gasteiger partial charge on any atom is 0.0456 e. The third-order valence-electron chi connectivity index (χ3n) is 4.44. The highest BCUT2D eigenvalue weighted by Crippen LogP contribution is 2.27. The zero-order valence-corrected chi connectivity index (χ0v) is 11.4. The third-order valence-corrected chi connectivity index (χ3v) is 4.44. The second kappa shape index (κ2) is 5.62. The van der Waals surface area contributed by atoms with Crippen molar-refractivity contribution in [3.8, 4) is 0 Å². The molecule has 3 rings (SSSR count). The van der Waals surface area contributed by atoms with E-state index in [-0.39, 0.29) is 0 Å². The van der Waals surface area contributed by atoms with E-state index < -0.39 is 0 Å². The van der Waals surface area contributed by atoms with Gasteiger partial charge in [-0.1, -0.05) is 24.3 Å². The summed E-state index contributed by atoms with van der Waals surface area (Å²) in [7, 11) is 0. The lowest BCUT2D eigenvalue weighted by Gasteiger charge is -2.30. The van der Waals surface area contributed by atoms with Gasteiger partial charge in [-0.25, -0.2) is 0 Å². The normalized spacial score (nSPS) is 23.6. The average molecular weight is 254 g/mol. The number of piperidine rings is 1. The molecule has 0 amide bonds. The molecule has 2 aromatic rings. The van der Waals surface area contributed by atoms with Crippen molar-refractivity contribution in [2.75, 3.05) is 13.1 Å². The fourth-order valence-corrected chi connectivity index (χ4v) is 3.25. The molecule has 1 saturated heterocycles. The summed E-state index contributed by atoms with van der Waals surface area (Å²) in [5.74, 6) is 1.42. The summed E-state index contributed by atoms with van der Waals surface area (Å²) < 4.78 is 0. The second-order valence-corrected chi connectivity index (χ2v) is 5.55. The molecule has 2 heteroatoms. The standard InChI is InChI=1S/C17H22N2/c1-2-13-11-18-10-9-14(13)7-8-15-12-19-17-6-4-3-5-16(15)17/h2-6,12-14,18-19H,1,7-11H2/t13-,14+/m0/s1. The molecule has 1 fully saturated rings. The first-order chi connectivity index (χ1) is 9.38. The van der Waals surface area contributed by atoms with Crippen molar-refractivity contribution in [3.05, 3.63) is 48.7 Å². The summed E-state index contributed by atoms with van der Waals surface area (Å²) in [4.78, 5) is 3.37. The Labute approximate surface area is 114 Å². The fraction of sp³-hybridized carbons (Fsp3) is 0.412. The molecule has 1 aliphatic rings. The maximum atomic E-state index is 3.98. The highest BCUT2D eigenvalue weighted by Gasteiger charge is 2.22. The maximum absolute atomic E-state index is 3.98. The molecule has 2 heterocycles. The summed E-state index contributed by atoms with van der Waals surface area (Å²) in [6, 6.07) is 8.57. The van der Waals surface area contributed by atoms with Crippen LogP contribution >= 0.6 is 0 Å². The molecule has 2 nitrogen and oxygen atoms in total. The smallest absolute Gasteiger partial charge is 0.0456 e. The number of fused-ring (bicyclic) bond motifs is 1. The number of H-pyrrole nitrogens is 1. The molecular formula is C17H22N2. The van der Waals surface area contributed by atoms with E-state index in [1.807, 2.05) is 0 Å². The molecule has 0 unspecified atom stereocenters. The minimum Gasteiger partial charge on any atom is -0.361 e. The van der Waals surface area contributed by atoms with Gasteiger partial charge in [-0.3, -0.25) is 0 Å². The Kier molecular flexibility index (Phi) is 3.69. The number of hydrogen-bond donors (Lipinski definition) is 2. The van der Waals surface area contributed by atoms with E-state index >= 15 is 0 Å². The quantitative estimate of drug-likeness (QED) is 0.803. The van der Waals surface area contributed by atoms with Crippen LogP contribution in [0.15, 0.2) is 43.1 Å². The second-order valence-electron chi connectivity index (χ2n) is 5.55. The number of benzene rings is 1. The number of para-hydroxylation sites is 1. The van der Waals surface area contributed by atoms with Gasteiger partial charge in [0, 0.05) is 23.6 Å². The summed E-state index contributed by atoms with van der Waals surface area (Å²) in [5, 5.41) is 4.84. The van der Waals surface area contributed by atoms with Crippen LogP contribution in [0.1, 0.15) is 18.4 Å². The van der Waals surface area contributed by atoms with E-state index in [2.05, 4.69) is 53.4 Å². The first-order valence-electron chi connectivity index (χ1n) is 7.27. The summed E-state index contributed by atoms with van der Waals surface area (Å²) in [5.41, 5.74) is 2.71. The molecule has 19 heavy (non-hydrogen) atoms. The van der Waals surface area contributed by atoms with Crippen LogP contribution in [0.2, 0.25) is 0 Å². The van der Waals surface area contributed by atoms with Crippen LogP contribution in [0, 0.1) is 11.8 Å². The number of aromatic nitrogens is 1. The van der Waals surface area contributed by atoms with Gasteiger partial charge in [-0.2, -0.15) is 0 Å². The zero-order chi connectivity index (χ0) is 13.1. The Bertz CT molecular complexity index is 555. The van der Waals surface area contributed by atoms with Gasteiger partial charge in [-0.15, -0.1) is 6.58 Å². The fourth-order valence-electron chi connectivity index (χ4n) is 3.25. The predicted octanol–water partition coefficient (Wildman–Crippen LogP) is 3.51. The number of hydrogen-bond acceptors (Lipinski definition) is 1. The van der Waals surface area contributed by atoms with Crippen LogP contribution in [-0.2, 0) is 6.42 Å². The van der Waals surface area contributed by atoms with E-state index in [0.717, 1.165) is 19.0 Å². The van der Waals surface area contributed by atoms with Crippen molar-refractivity contribution in [2.24, 2.45) is 11.8 Å². The Morgan fingerprint density at radius 3 is 3.11 bits per heavy atom. The Balaban J connectivity index is 1.70. The Hall–Kier alpha value is -1.54. The summed E-state index contributed by atoms with van der Waals surface area (Å²) in [6.07, 6.45) is 8.01. The van der Waals surface area contributed by atoms with Crippen molar-refractivity contribution in [1.29, 1.82) is 0 Å². The van der Waals surface area contributed by atoms with Crippen molar-refractivity contribution in [1.82, 2.24) is 10.3 Å². The molecule has 0 spiro atoms. The molecule has 1 aliphatic heterocycles. The van der Waals surface area contributed by atoms with Gasteiger partial charge in [0.2, 0.25) is 0 Å². The van der Waals surface area contributed by atoms with E-state index in [1.54, 1.807) is 0 Å². The van der Waals surface area contributed by atoms with Crippen LogP contribution in [0.5, 0.6) is 0 Å². The minimum atomic E-state index is 0.638. The van der Waals surface area contributed by atoms with Crippen LogP contribution in [0.4, 0.5) is 0 Å². The lowest BCUT2D eigenvalue weighted by Crippen LogP contribution is -2.35. The van der Waals surface area contributed by atoms with Crippen LogP contribution in [0.25, 0.3) is 10.9 Å². The van der Waals surface area contributed by atoms with Gasteiger partial charge in [0.25, 0.3) is 0 Å². The van der Waals surface area contributed by atoms with Gasteiger partial charge in [0.15, 0.2) is 0 Å². The molecule has 1 aromatic carbocycles. The lowest BCUT2D eigenvalue weighted by atomic mass is 9.82. The summed E-state index contributed by atoms with van der Waals surface area (Å²) in [6.45, 7) is 6.24. The first-order valence-corrected chi connectivity index (χ1v) is 7.27. The summed E-state index contributed by atoms with van der Waals surface area (Å²) >= 11 is 0. The number of nitrogens with one attached hydrogen (secondary N) is 2. The zero-order valence-electron chi connectivity index (χ0n) is 11.4. The van der Waals surface area contributed by atoms with Crippen molar-refractivity contribution in [2.45, 2.75) is 19.3 Å². The van der Waals surface area contributed by atoms with Crippen LogP contribution in [-0.4, -0.2) is 18.1 Å². The third kappa shape index (κ3) is 2.59. The predicted molar refractivity (Wildman–Crippen MR) is 81.3 cm³/mol. The van der Waals surface area contributed by atoms with Crippen LogP contribution < -0.4 is 5.32 Å². The van der Waals surface area contributed by atoms with Gasteiger partial charge < -0.3 is 10.3 Å². The lowest BCUT2D eigenvalue weighted by molar-refractivity contribution is 0.285. The van der Waals surface area contributed by atoms with E-state index in [9.17, 15) is 0 Å². The van der Waals surface area contributed by atoms with Crippen molar-refractivity contribution in [3.63, 3.8) is 0 Å². The van der Waals surface area contributed by atoms with E-state index in [4.69, 9.17) is 0 Å². The van der Waals surface area contributed by atoms with E-state index in [0.29, 0.717) is 5.92 Å². The van der Waals surface area contributed by atoms with E-state index in [1.165, 1.54) is 35.7 Å². The van der Waals surface area contributed by atoms with Crippen molar-refractivity contribution < 1.29 is 0 Å². The molecular weight excluding hydrogens is 232 g/mol. The van der Waals surface area contributed by atoms with Crippen molar-refractivity contribution >= 4 is 10.9 Å². The Morgan fingerprint density at radius 2 is 2.21 bits per heavy atom. The largest absolute Gasteiger partial charge is 0.361 e. The van der Waals surface area contributed by atoms with Crippen LogP contribution in [0.3, 0.4) is 0 Å². The minimum absolute atomic E-state index is 0.638. The molecule has 0 saturated carbocycles. The molecule has 100 valence electrons. The topological polar surface area (TPSA) is 27.8 Å². The van der Waals surface area contributed by atoms with Gasteiger partial charge in [0.1, 0.15) is 0 Å². The van der Waals surface area contributed by atoms with Gasteiger partial charge in [0.05, 0.1) is 0 Å². The number of aromatic amines is 1. The molecule has 0 aliphatic carbocycles. The van der Waals surface area contributed by atoms with Gasteiger partial charge in [-0.05, 0) is 49.3 Å². The molecule has 2 N–H and O–H groups in total. The van der Waals surface area contributed by atoms with Gasteiger partial charge >= 0.3 is 0 Å². The first kappa shape index (κ1) is 12.5.